The highest BCUT2D eigenvalue weighted by molar-refractivity contribution is 6.10. The Balaban J connectivity index is 1.31. The number of hydrogen-bond donors (Lipinski definition) is 1. The van der Waals surface area contributed by atoms with Gasteiger partial charge in [0, 0.05) is 41.7 Å². The van der Waals surface area contributed by atoms with Crippen LogP contribution in [0, 0.1) is 0 Å². The van der Waals surface area contributed by atoms with E-state index in [9.17, 15) is 4.79 Å². The third-order valence-electron chi connectivity index (χ3n) is 6.45. The summed E-state index contributed by atoms with van der Waals surface area (Å²) in [7, 11) is 1.65. The molecule has 0 aliphatic carbocycles. The van der Waals surface area contributed by atoms with Crippen LogP contribution in [-0.2, 0) is 4.74 Å². The zero-order valence-electron chi connectivity index (χ0n) is 20.4. The first-order valence-corrected chi connectivity index (χ1v) is 12.2. The summed E-state index contributed by atoms with van der Waals surface area (Å²) in [5.74, 6) is 1.46. The van der Waals surface area contributed by atoms with Crippen LogP contribution in [-0.4, -0.2) is 57.4 Å². The minimum Gasteiger partial charge on any atom is -0.497 e. The lowest BCUT2D eigenvalue weighted by Gasteiger charge is -2.26. The molecule has 1 saturated heterocycles. The van der Waals surface area contributed by atoms with Gasteiger partial charge in [0.1, 0.15) is 18.1 Å². The van der Waals surface area contributed by atoms with Gasteiger partial charge in [-0.25, -0.2) is 0 Å². The molecular weight excluding hydrogens is 452 g/mol. The average molecular weight is 483 g/mol. The van der Waals surface area contributed by atoms with E-state index >= 15 is 0 Å². The van der Waals surface area contributed by atoms with Crippen molar-refractivity contribution in [2.45, 2.75) is 0 Å². The van der Waals surface area contributed by atoms with E-state index in [1.54, 1.807) is 7.11 Å². The molecule has 0 aromatic heterocycles. The van der Waals surface area contributed by atoms with Crippen molar-refractivity contribution in [3.63, 3.8) is 0 Å². The molecule has 36 heavy (non-hydrogen) atoms. The van der Waals surface area contributed by atoms with E-state index in [2.05, 4.69) is 10.2 Å². The van der Waals surface area contributed by atoms with Crippen LogP contribution in [0.15, 0.2) is 84.9 Å². The number of methoxy groups -OCH3 is 1. The van der Waals surface area contributed by atoms with E-state index < -0.39 is 0 Å². The Labute approximate surface area is 211 Å². The fourth-order valence-electron chi connectivity index (χ4n) is 4.43. The lowest BCUT2D eigenvalue weighted by Crippen LogP contribution is -2.38. The predicted octanol–water partition coefficient (Wildman–Crippen LogP) is 5.48. The minimum absolute atomic E-state index is 0.156. The van der Waals surface area contributed by atoms with Gasteiger partial charge < -0.3 is 19.5 Å². The Morgan fingerprint density at radius 1 is 0.889 bits per heavy atom. The van der Waals surface area contributed by atoms with Gasteiger partial charge in [-0.05, 0) is 47.5 Å². The Kier molecular flexibility index (Phi) is 7.45. The molecule has 1 heterocycles. The summed E-state index contributed by atoms with van der Waals surface area (Å²) in [4.78, 5) is 15.5. The summed E-state index contributed by atoms with van der Waals surface area (Å²) < 4.78 is 16.8. The van der Waals surface area contributed by atoms with Gasteiger partial charge in [0.25, 0.3) is 5.91 Å². The topological polar surface area (TPSA) is 60.0 Å². The van der Waals surface area contributed by atoms with Gasteiger partial charge in [-0.3, -0.25) is 9.69 Å². The average Bonchev–Trinajstić information content (AvgIpc) is 2.95. The molecule has 1 aliphatic rings. The molecule has 0 radical (unpaired) electrons. The minimum atomic E-state index is -0.156. The first kappa shape index (κ1) is 23.9. The Hall–Kier alpha value is -3.87. The molecule has 6 heteroatoms. The van der Waals surface area contributed by atoms with Crippen molar-refractivity contribution >= 4 is 22.4 Å². The lowest BCUT2D eigenvalue weighted by molar-refractivity contribution is 0.0323. The van der Waals surface area contributed by atoms with Crippen LogP contribution in [0.5, 0.6) is 11.5 Å². The molecule has 6 nitrogen and oxygen atoms in total. The van der Waals surface area contributed by atoms with E-state index in [0.717, 1.165) is 71.9 Å². The molecule has 1 amide bonds. The maximum atomic E-state index is 13.2. The van der Waals surface area contributed by atoms with Gasteiger partial charge in [-0.15, -0.1) is 0 Å². The molecule has 4 aromatic rings. The van der Waals surface area contributed by atoms with E-state index in [-0.39, 0.29) is 5.91 Å². The third kappa shape index (κ3) is 5.51. The molecule has 0 atom stereocenters. The molecule has 1 aliphatic heterocycles. The molecular formula is C30H30N2O4. The van der Waals surface area contributed by atoms with Crippen LogP contribution in [0.3, 0.4) is 0 Å². The van der Waals surface area contributed by atoms with E-state index in [4.69, 9.17) is 14.2 Å². The highest BCUT2D eigenvalue weighted by Gasteiger charge is 2.14. The number of hydrogen-bond acceptors (Lipinski definition) is 5. The van der Waals surface area contributed by atoms with Crippen molar-refractivity contribution in [2.24, 2.45) is 0 Å². The SMILES string of the molecule is COc1ccc(-c2cccc(C(=O)Nc3ccc(OCCN4CCOCC4)c4ccccc34)c2)cc1. The number of nitrogens with one attached hydrogen (secondary N) is 1. The number of ether oxygens (including phenoxy) is 3. The maximum Gasteiger partial charge on any atom is 0.255 e. The number of nitrogens with zero attached hydrogens (tertiary/aromatic N) is 1. The van der Waals surface area contributed by atoms with Gasteiger partial charge in [-0.1, -0.05) is 48.5 Å². The molecule has 4 aromatic carbocycles. The highest BCUT2D eigenvalue weighted by Crippen LogP contribution is 2.32. The second-order valence-corrected chi connectivity index (χ2v) is 8.72. The Morgan fingerprint density at radius 3 is 2.44 bits per heavy atom. The van der Waals surface area contributed by atoms with Gasteiger partial charge in [0.2, 0.25) is 0 Å². The fourth-order valence-corrected chi connectivity index (χ4v) is 4.43. The van der Waals surface area contributed by atoms with Crippen LogP contribution in [0.4, 0.5) is 5.69 Å². The van der Waals surface area contributed by atoms with Crippen molar-refractivity contribution in [1.82, 2.24) is 4.90 Å². The zero-order chi connectivity index (χ0) is 24.7. The summed E-state index contributed by atoms with van der Waals surface area (Å²) in [6.07, 6.45) is 0. The summed E-state index contributed by atoms with van der Waals surface area (Å²) in [6, 6.07) is 27.3. The molecule has 1 N–H and O–H groups in total. The van der Waals surface area contributed by atoms with E-state index in [0.29, 0.717) is 12.2 Å². The highest BCUT2D eigenvalue weighted by atomic mass is 16.5. The smallest absolute Gasteiger partial charge is 0.255 e. The predicted molar refractivity (Wildman–Crippen MR) is 143 cm³/mol. The monoisotopic (exact) mass is 482 g/mol. The number of amides is 1. The van der Waals surface area contributed by atoms with Crippen LogP contribution in [0.1, 0.15) is 10.4 Å². The standard InChI is InChI=1S/C30H30N2O4/c1-34-25-11-9-22(10-12-25)23-5-4-6-24(21-23)30(33)31-28-13-14-29(27-8-3-2-7-26(27)28)36-20-17-32-15-18-35-19-16-32/h2-14,21H,15-20H2,1H3,(H,31,33). The number of benzene rings is 4. The Bertz CT molecular complexity index is 1330. The quantitative estimate of drug-likeness (QED) is 0.360. The first-order valence-electron chi connectivity index (χ1n) is 12.2. The van der Waals surface area contributed by atoms with Gasteiger partial charge >= 0.3 is 0 Å². The molecule has 0 spiro atoms. The van der Waals surface area contributed by atoms with Gasteiger partial charge in [-0.2, -0.15) is 0 Å². The summed E-state index contributed by atoms with van der Waals surface area (Å²) in [6.45, 7) is 4.90. The van der Waals surface area contributed by atoms with E-state index in [1.807, 2.05) is 84.9 Å². The normalized spacial score (nSPS) is 13.9. The van der Waals surface area contributed by atoms with Gasteiger partial charge in [0.15, 0.2) is 0 Å². The largest absolute Gasteiger partial charge is 0.497 e. The number of fused-ring (bicyclic) bond motifs is 1. The molecule has 5 rings (SSSR count). The molecule has 184 valence electrons. The van der Waals surface area contributed by atoms with Crippen LogP contribution in [0.25, 0.3) is 21.9 Å². The molecule has 0 saturated carbocycles. The van der Waals surface area contributed by atoms with Crippen molar-refractivity contribution in [2.75, 3.05) is 51.9 Å². The maximum absolute atomic E-state index is 13.2. The summed E-state index contributed by atoms with van der Waals surface area (Å²) in [5.41, 5.74) is 3.35. The molecule has 0 unspecified atom stereocenters. The fraction of sp³-hybridized carbons (Fsp3) is 0.233. The number of carbonyl (C=O) groups is 1. The van der Waals surface area contributed by atoms with Crippen molar-refractivity contribution in [3.8, 4) is 22.6 Å². The van der Waals surface area contributed by atoms with Crippen LogP contribution in [0.2, 0.25) is 0 Å². The van der Waals surface area contributed by atoms with Gasteiger partial charge in [0.05, 0.1) is 20.3 Å². The van der Waals surface area contributed by atoms with Crippen molar-refractivity contribution < 1.29 is 19.0 Å². The van der Waals surface area contributed by atoms with Crippen molar-refractivity contribution in [3.05, 3.63) is 90.5 Å². The second kappa shape index (κ2) is 11.2. The number of carbonyl (C=O) groups excluding carboxylic acids is 1. The van der Waals surface area contributed by atoms with Crippen LogP contribution < -0.4 is 14.8 Å². The first-order chi connectivity index (χ1) is 17.7. The van der Waals surface area contributed by atoms with Crippen molar-refractivity contribution in [1.29, 1.82) is 0 Å². The molecule has 1 fully saturated rings. The third-order valence-corrected chi connectivity index (χ3v) is 6.45. The number of anilines is 1. The Morgan fingerprint density at radius 2 is 1.67 bits per heavy atom. The number of rotatable bonds is 8. The molecule has 0 bridgehead atoms. The lowest BCUT2D eigenvalue weighted by atomic mass is 10.0. The van der Waals surface area contributed by atoms with Crippen LogP contribution >= 0.6 is 0 Å². The summed E-state index contributed by atoms with van der Waals surface area (Å²) >= 11 is 0. The zero-order valence-corrected chi connectivity index (χ0v) is 20.4. The van der Waals surface area contributed by atoms with E-state index in [1.165, 1.54) is 0 Å². The second-order valence-electron chi connectivity index (χ2n) is 8.72. The number of morpholine rings is 1. The summed E-state index contributed by atoms with van der Waals surface area (Å²) in [5, 5.41) is 5.02.